The third-order valence-corrected chi connectivity index (χ3v) is 4.52. The summed E-state index contributed by atoms with van der Waals surface area (Å²) in [5.41, 5.74) is -0.112. The van der Waals surface area contributed by atoms with Gasteiger partial charge in [0.15, 0.2) is 0 Å². The number of ether oxygens (including phenoxy) is 1. The molecule has 0 aromatic heterocycles. The van der Waals surface area contributed by atoms with Gasteiger partial charge in [0.2, 0.25) is 0 Å². The first-order valence-corrected chi connectivity index (χ1v) is 7.81. The van der Waals surface area contributed by atoms with Crippen LogP contribution in [0.3, 0.4) is 0 Å². The van der Waals surface area contributed by atoms with Crippen molar-refractivity contribution in [2.75, 3.05) is 32.9 Å². The first-order valence-electron chi connectivity index (χ1n) is 7.81. The molecule has 0 aromatic carbocycles. The Balaban J connectivity index is 2.05. The highest BCUT2D eigenvalue weighted by molar-refractivity contribution is 5.04. The molecule has 19 heavy (non-hydrogen) atoms. The summed E-state index contributed by atoms with van der Waals surface area (Å²) in [4.78, 5) is 2.52. The van der Waals surface area contributed by atoms with Crippen LogP contribution >= 0.6 is 0 Å². The third kappa shape index (κ3) is 3.69. The van der Waals surface area contributed by atoms with Gasteiger partial charge in [-0.3, -0.25) is 4.90 Å². The van der Waals surface area contributed by atoms with Gasteiger partial charge in [-0.2, -0.15) is 0 Å². The number of aliphatic hydroxyl groups excluding tert-OH is 1. The van der Waals surface area contributed by atoms with E-state index in [0.29, 0.717) is 18.0 Å². The van der Waals surface area contributed by atoms with Crippen molar-refractivity contribution in [3.05, 3.63) is 0 Å². The lowest BCUT2D eigenvalue weighted by molar-refractivity contribution is -0.0322. The van der Waals surface area contributed by atoms with E-state index in [2.05, 4.69) is 31.0 Å². The van der Waals surface area contributed by atoms with Crippen LogP contribution in [0.1, 0.15) is 40.0 Å². The molecular formula is C15H30N2O2. The van der Waals surface area contributed by atoms with Crippen molar-refractivity contribution in [2.24, 2.45) is 5.92 Å². The maximum absolute atomic E-state index is 10.0. The zero-order valence-electron chi connectivity index (χ0n) is 12.7. The summed E-state index contributed by atoms with van der Waals surface area (Å²) in [6.07, 6.45) is 3.62. The highest BCUT2D eigenvalue weighted by Crippen LogP contribution is 2.40. The molecule has 0 aromatic rings. The Bertz CT molecular complexity index is 281. The van der Waals surface area contributed by atoms with E-state index >= 15 is 0 Å². The van der Waals surface area contributed by atoms with Crippen molar-refractivity contribution < 1.29 is 9.84 Å². The van der Waals surface area contributed by atoms with Crippen LogP contribution in [0.25, 0.3) is 0 Å². The van der Waals surface area contributed by atoms with Gasteiger partial charge in [-0.25, -0.2) is 0 Å². The Morgan fingerprint density at radius 2 is 2.16 bits per heavy atom. The lowest BCUT2D eigenvalue weighted by Gasteiger charge is -2.44. The fourth-order valence-electron chi connectivity index (χ4n) is 3.36. The van der Waals surface area contributed by atoms with Crippen LogP contribution in [0.2, 0.25) is 0 Å². The van der Waals surface area contributed by atoms with E-state index < -0.39 is 0 Å². The van der Waals surface area contributed by atoms with E-state index in [4.69, 9.17) is 4.74 Å². The molecule has 2 atom stereocenters. The largest absolute Gasteiger partial charge is 0.394 e. The molecule has 4 nitrogen and oxygen atoms in total. The van der Waals surface area contributed by atoms with Gasteiger partial charge in [0, 0.05) is 25.2 Å². The molecule has 2 rings (SSSR count). The molecule has 1 saturated heterocycles. The number of rotatable bonds is 7. The summed E-state index contributed by atoms with van der Waals surface area (Å²) in [5, 5.41) is 13.7. The van der Waals surface area contributed by atoms with E-state index in [1.54, 1.807) is 0 Å². The van der Waals surface area contributed by atoms with E-state index in [-0.39, 0.29) is 12.1 Å². The number of aliphatic hydroxyl groups is 1. The molecule has 2 fully saturated rings. The minimum Gasteiger partial charge on any atom is -0.394 e. The summed E-state index contributed by atoms with van der Waals surface area (Å²) in [7, 11) is 0. The molecule has 2 unspecified atom stereocenters. The van der Waals surface area contributed by atoms with Crippen molar-refractivity contribution in [2.45, 2.75) is 57.7 Å². The number of hydrogen-bond donors (Lipinski definition) is 2. The first-order chi connectivity index (χ1) is 9.11. The number of morpholine rings is 1. The van der Waals surface area contributed by atoms with Gasteiger partial charge in [0.05, 0.1) is 25.4 Å². The van der Waals surface area contributed by atoms with Crippen molar-refractivity contribution in [1.29, 1.82) is 0 Å². The van der Waals surface area contributed by atoms with Gasteiger partial charge >= 0.3 is 0 Å². The highest BCUT2D eigenvalue weighted by Gasteiger charge is 2.46. The molecule has 1 aliphatic heterocycles. The molecule has 4 heteroatoms. The smallest absolute Gasteiger partial charge is 0.0628 e. The summed E-state index contributed by atoms with van der Waals surface area (Å²) >= 11 is 0. The van der Waals surface area contributed by atoms with Crippen molar-refractivity contribution in [1.82, 2.24) is 10.2 Å². The number of hydrogen-bond acceptors (Lipinski definition) is 4. The Kier molecular flexibility index (Phi) is 5.23. The fourth-order valence-corrected chi connectivity index (χ4v) is 3.36. The Morgan fingerprint density at radius 1 is 1.42 bits per heavy atom. The standard InChI is InChI=1S/C15H30N2O2/c1-4-14-9-19-8-7-17(14)10-15(11-18,13-5-6-13)16-12(2)3/h12-14,16,18H,4-11H2,1-3H3. The summed E-state index contributed by atoms with van der Waals surface area (Å²) in [6.45, 7) is 10.4. The van der Waals surface area contributed by atoms with Gasteiger partial charge < -0.3 is 15.2 Å². The molecule has 0 radical (unpaired) electrons. The van der Waals surface area contributed by atoms with Crippen LogP contribution in [0.15, 0.2) is 0 Å². The number of nitrogens with zero attached hydrogens (tertiary/aromatic N) is 1. The minimum atomic E-state index is -0.112. The van der Waals surface area contributed by atoms with Gasteiger partial charge in [0.25, 0.3) is 0 Å². The molecule has 1 saturated carbocycles. The topological polar surface area (TPSA) is 44.7 Å². The number of nitrogens with one attached hydrogen (secondary N) is 1. The van der Waals surface area contributed by atoms with Gasteiger partial charge in [-0.1, -0.05) is 20.8 Å². The van der Waals surface area contributed by atoms with Gasteiger partial charge in [-0.05, 0) is 25.2 Å². The van der Waals surface area contributed by atoms with Crippen LogP contribution in [0.4, 0.5) is 0 Å². The molecule has 0 amide bonds. The van der Waals surface area contributed by atoms with Crippen LogP contribution in [0.5, 0.6) is 0 Å². The maximum atomic E-state index is 10.0. The molecule has 1 aliphatic carbocycles. The second-order valence-corrected chi connectivity index (χ2v) is 6.50. The van der Waals surface area contributed by atoms with Gasteiger partial charge in [-0.15, -0.1) is 0 Å². The Hall–Kier alpha value is -0.160. The normalized spacial score (nSPS) is 28.6. The van der Waals surface area contributed by atoms with Crippen molar-refractivity contribution in [3.8, 4) is 0 Å². The molecule has 1 heterocycles. The molecule has 0 bridgehead atoms. The SMILES string of the molecule is CCC1COCCN1CC(CO)(NC(C)C)C1CC1. The quantitative estimate of drug-likeness (QED) is 0.730. The molecule has 2 N–H and O–H groups in total. The molecule has 2 aliphatic rings. The summed E-state index contributed by atoms with van der Waals surface area (Å²) < 4.78 is 5.58. The monoisotopic (exact) mass is 270 g/mol. The maximum Gasteiger partial charge on any atom is 0.0628 e. The van der Waals surface area contributed by atoms with E-state index in [9.17, 15) is 5.11 Å². The van der Waals surface area contributed by atoms with E-state index in [0.717, 1.165) is 32.7 Å². The second kappa shape index (κ2) is 6.53. The first kappa shape index (κ1) is 15.2. The average Bonchev–Trinajstić information content (AvgIpc) is 3.22. The zero-order valence-corrected chi connectivity index (χ0v) is 12.7. The molecule has 112 valence electrons. The highest BCUT2D eigenvalue weighted by atomic mass is 16.5. The molecular weight excluding hydrogens is 240 g/mol. The lowest BCUT2D eigenvalue weighted by Crippen LogP contribution is -2.62. The lowest BCUT2D eigenvalue weighted by atomic mass is 9.91. The molecule has 0 spiro atoms. The van der Waals surface area contributed by atoms with Crippen LogP contribution in [-0.4, -0.2) is 60.5 Å². The Morgan fingerprint density at radius 3 is 2.68 bits per heavy atom. The van der Waals surface area contributed by atoms with Crippen LogP contribution < -0.4 is 5.32 Å². The van der Waals surface area contributed by atoms with Crippen LogP contribution in [0, 0.1) is 5.92 Å². The van der Waals surface area contributed by atoms with Crippen LogP contribution in [-0.2, 0) is 4.74 Å². The second-order valence-electron chi connectivity index (χ2n) is 6.50. The van der Waals surface area contributed by atoms with Crippen molar-refractivity contribution >= 4 is 0 Å². The minimum absolute atomic E-state index is 0.112. The average molecular weight is 270 g/mol. The van der Waals surface area contributed by atoms with E-state index in [1.165, 1.54) is 12.8 Å². The summed E-state index contributed by atoms with van der Waals surface area (Å²) in [6, 6.07) is 0.918. The summed E-state index contributed by atoms with van der Waals surface area (Å²) in [5.74, 6) is 0.639. The van der Waals surface area contributed by atoms with E-state index in [1.807, 2.05) is 0 Å². The third-order valence-electron chi connectivity index (χ3n) is 4.52. The zero-order chi connectivity index (χ0) is 13.9. The fraction of sp³-hybridized carbons (Fsp3) is 1.00. The Labute approximate surface area is 117 Å². The predicted octanol–water partition coefficient (Wildman–Crippen LogP) is 1.24. The van der Waals surface area contributed by atoms with Crippen molar-refractivity contribution in [3.63, 3.8) is 0 Å². The predicted molar refractivity (Wildman–Crippen MR) is 77.3 cm³/mol. The van der Waals surface area contributed by atoms with Gasteiger partial charge in [0.1, 0.15) is 0 Å².